The fourth-order valence-corrected chi connectivity index (χ4v) is 4.21. The van der Waals surface area contributed by atoms with Gasteiger partial charge in [0.2, 0.25) is 5.91 Å². The molecule has 1 atom stereocenters. The van der Waals surface area contributed by atoms with Crippen LogP contribution in [0.25, 0.3) is 0 Å². The van der Waals surface area contributed by atoms with E-state index in [4.69, 9.17) is 4.74 Å². The molecule has 0 aliphatic carbocycles. The minimum Gasteiger partial charge on any atom is -0.451 e. The van der Waals surface area contributed by atoms with Gasteiger partial charge in [-0.25, -0.2) is 4.79 Å². The van der Waals surface area contributed by atoms with Crippen molar-refractivity contribution in [3.63, 3.8) is 0 Å². The number of benzene rings is 1. The van der Waals surface area contributed by atoms with Gasteiger partial charge < -0.3 is 15.0 Å². The van der Waals surface area contributed by atoms with Crippen LogP contribution in [-0.4, -0.2) is 30.4 Å². The zero-order chi connectivity index (χ0) is 19.6. The summed E-state index contributed by atoms with van der Waals surface area (Å²) in [5.41, 5.74) is 2.24. The minimum atomic E-state index is -0.499. The molecule has 0 unspecified atom stereocenters. The molecule has 1 N–H and O–H groups in total. The second kappa shape index (κ2) is 7.92. The number of para-hydroxylation sites is 2. The van der Waals surface area contributed by atoms with E-state index < -0.39 is 5.97 Å². The van der Waals surface area contributed by atoms with Crippen molar-refractivity contribution in [3.05, 3.63) is 45.6 Å². The number of esters is 1. The maximum atomic E-state index is 12.8. The molecule has 0 fully saturated rings. The first-order chi connectivity index (χ1) is 12.9. The molecule has 3 rings (SSSR count). The molecule has 0 bridgehead atoms. The molecular weight excluding hydrogens is 364 g/mol. The smallest absolute Gasteiger partial charge is 0.348 e. The Labute approximate surface area is 162 Å². The highest BCUT2D eigenvalue weighted by Crippen LogP contribution is 2.31. The summed E-state index contributed by atoms with van der Waals surface area (Å²) in [6, 6.07) is 8.57. The number of ether oxygens (including phenoxy) is 1. The van der Waals surface area contributed by atoms with E-state index in [1.165, 1.54) is 16.2 Å². The zero-order valence-electron chi connectivity index (χ0n) is 15.6. The SMILES string of the molecule is CCc1sc(C(=O)OCC(=O)N2c3ccccc3NC(=O)C[C@H]2C)cc1C. The van der Waals surface area contributed by atoms with Gasteiger partial charge in [-0.05, 0) is 44.0 Å². The number of nitrogens with zero attached hydrogens (tertiary/aromatic N) is 1. The van der Waals surface area contributed by atoms with Gasteiger partial charge in [-0.3, -0.25) is 9.59 Å². The number of hydrogen-bond donors (Lipinski definition) is 1. The summed E-state index contributed by atoms with van der Waals surface area (Å²) >= 11 is 1.39. The van der Waals surface area contributed by atoms with Crippen molar-refractivity contribution in [3.8, 4) is 0 Å². The number of rotatable bonds is 4. The number of hydrogen-bond acceptors (Lipinski definition) is 5. The number of thiophene rings is 1. The molecule has 0 radical (unpaired) electrons. The Kier molecular flexibility index (Phi) is 5.60. The summed E-state index contributed by atoms with van der Waals surface area (Å²) in [4.78, 5) is 40.3. The maximum Gasteiger partial charge on any atom is 0.348 e. The van der Waals surface area contributed by atoms with Crippen molar-refractivity contribution in [2.75, 3.05) is 16.8 Å². The van der Waals surface area contributed by atoms with Crippen molar-refractivity contribution in [1.82, 2.24) is 0 Å². The van der Waals surface area contributed by atoms with Crippen LogP contribution in [0.15, 0.2) is 30.3 Å². The summed E-state index contributed by atoms with van der Waals surface area (Å²) in [5, 5.41) is 2.80. The largest absolute Gasteiger partial charge is 0.451 e. The maximum absolute atomic E-state index is 12.8. The van der Waals surface area contributed by atoms with Crippen LogP contribution in [0.2, 0.25) is 0 Å². The molecule has 0 spiro atoms. The van der Waals surface area contributed by atoms with Gasteiger partial charge in [0.15, 0.2) is 6.61 Å². The fraction of sp³-hybridized carbons (Fsp3) is 0.350. The average molecular weight is 386 g/mol. The van der Waals surface area contributed by atoms with Crippen molar-refractivity contribution in [2.24, 2.45) is 0 Å². The van der Waals surface area contributed by atoms with Crippen LogP contribution in [0.1, 0.15) is 40.4 Å². The first-order valence-corrected chi connectivity index (χ1v) is 9.69. The summed E-state index contributed by atoms with van der Waals surface area (Å²) in [6.07, 6.45) is 1.03. The predicted molar refractivity (Wildman–Crippen MR) is 105 cm³/mol. The summed E-state index contributed by atoms with van der Waals surface area (Å²) < 4.78 is 5.26. The van der Waals surface area contributed by atoms with E-state index in [1.807, 2.05) is 13.8 Å². The number of fused-ring (bicyclic) bond motifs is 1. The number of carbonyl (C=O) groups is 3. The third-order valence-electron chi connectivity index (χ3n) is 4.50. The summed E-state index contributed by atoms with van der Waals surface area (Å²) in [7, 11) is 0. The van der Waals surface area contributed by atoms with Crippen LogP contribution in [0.5, 0.6) is 0 Å². The van der Waals surface area contributed by atoms with E-state index in [1.54, 1.807) is 37.3 Å². The monoisotopic (exact) mass is 386 g/mol. The molecule has 142 valence electrons. The molecule has 6 nitrogen and oxygen atoms in total. The summed E-state index contributed by atoms with van der Waals surface area (Å²) in [5.74, 6) is -1.01. The van der Waals surface area contributed by atoms with Crippen molar-refractivity contribution < 1.29 is 19.1 Å². The van der Waals surface area contributed by atoms with Crippen LogP contribution in [0.4, 0.5) is 11.4 Å². The lowest BCUT2D eigenvalue weighted by Crippen LogP contribution is -2.41. The quantitative estimate of drug-likeness (QED) is 0.816. The Balaban J connectivity index is 1.75. The van der Waals surface area contributed by atoms with E-state index >= 15 is 0 Å². The number of carbonyl (C=O) groups excluding carboxylic acids is 3. The summed E-state index contributed by atoms with van der Waals surface area (Å²) in [6.45, 7) is 5.42. The lowest BCUT2D eigenvalue weighted by Gasteiger charge is -2.27. The second-order valence-corrected chi connectivity index (χ2v) is 7.67. The average Bonchev–Trinajstić information content (AvgIpc) is 2.95. The van der Waals surface area contributed by atoms with Gasteiger partial charge in [-0.2, -0.15) is 0 Å². The molecule has 2 heterocycles. The van der Waals surface area contributed by atoms with Gasteiger partial charge in [0.1, 0.15) is 4.88 Å². The van der Waals surface area contributed by atoms with Crippen LogP contribution >= 0.6 is 11.3 Å². The molecule has 1 aliphatic heterocycles. The highest BCUT2D eigenvalue weighted by atomic mass is 32.1. The van der Waals surface area contributed by atoms with Crippen molar-refractivity contribution in [1.29, 1.82) is 0 Å². The van der Waals surface area contributed by atoms with E-state index in [2.05, 4.69) is 5.32 Å². The van der Waals surface area contributed by atoms with Gasteiger partial charge >= 0.3 is 5.97 Å². The van der Waals surface area contributed by atoms with Gasteiger partial charge in [-0.15, -0.1) is 11.3 Å². The standard InChI is InChI=1S/C20H22N2O4S/c1-4-16-12(2)9-17(27-16)20(25)26-11-19(24)22-13(3)10-18(23)21-14-7-5-6-8-15(14)22/h5-9,13H,4,10-11H2,1-3H3,(H,21,23)/t13-/m1/s1. The molecule has 1 aromatic carbocycles. The predicted octanol–water partition coefficient (Wildman–Crippen LogP) is 3.54. The second-order valence-electron chi connectivity index (χ2n) is 6.53. The normalized spacial score (nSPS) is 16.3. The minimum absolute atomic E-state index is 0.150. The molecule has 1 aliphatic rings. The van der Waals surface area contributed by atoms with Gasteiger partial charge in [-0.1, -0.05) is 19.1 Å². The van der Waals surface area contributed by atoms with Crippen molar-refractivity contribution >= 4 is 40.5 Å². The Morgan fingerprint density at radius 3 is 2.78 bits per heavy atom. The Hall–Kier alpha value is -2.67. The van der Waals surface area contributed by atoms with Gasteiger partial charge in [0.05, 0.1) is 11.4 Å². The number of nitrogens with one attached hydrogen (secondary N) is 1. The Bertz CT molecular complexity index is 890. The number of aryl methyl sites for hydroxylation is 2. The van der Waals surface area contributed by atoms with E-state index in [0.717, 1.165) is 16.9 Å². The highest BCUT2D eigenvalue weighted by molar-refractivity contribution is 7.14. The third-order valence-corrected chi connectivity index (χ3v) is 5.86. The topological polar surface area (TPSA) is 75.7 Å². The molecule has 2 aromatic rings. The van der Waals surface area contributed by atoms with Crippen molar-refractivity contribution in [2.45, 2.75) is 39.7 Å². The third kappa shape index (κ3) is 4.03. The zero-order valence-corrected chi connectivity index (χ0v) is 16.4. The lowest BCUT2D eigenvalue weighted by atomic mass is 10.1. The molecule has 0 saturated heterocycles. The molecule has 1 aromatic heterocycles. The Morgan fingerprint density at radius 1 is 1.33 bits per heavy atom. The van der Waals surface area contributed by atoms with E-state index in [-0.39, 0.29) is 30.9 Å². The molecule has 0 saturated carbocycles. The number of amides is 2. The molecular formula is C20H22N2O4S. The Morgan fingerprint density at radius 2 is 2.07 bits per heavy atom. The van der Waals surface area contributed by atoms with Gasteiger partial charge in [0.25, 0.3) is 5.91 Å². The number of anilines is 2. The molecule has 27 heavy (non-hydrogen) atoms. The van der Waals surface area contributed by atoms with Crippen LogP contribution in [0.3, 0.4) is 0 Å². The van der Waals surface area contributed by atoms with E-state index in [9.17, 15) is 14.4 Å². The van der Waals surface area contributed by atoms with Gasteiger partial charge in [0, 0.05) is 17.3 Å². The fourth-order valence-electron chi connectivity index (χ4n) is 3.21. The highest BCUT2D eigenvalue weighted by Gasteiger charge is 2.30. The first-order valence-electron chi connectivity index (χ1n) is 8.88. The lowest BCUT2D eigenvalue weighted by molar-refractivity contribution is -0.122. The first kappa shape index (κ1) is 19.1. The van der Waals surface area contributed by atoms with Crippen LogP contribution in [-0.2, 0) is 20.7 Å². The molecule has 7 heteroatoms. The van der Waals surface area contributed by atoms with Crippen LogP contribution < -0.4 is 10.2 Å². The van der Waals surface area contributed by atoms with E-state index in [0.29, 0.717) is 16.3 Å². The molecule has 2 amide bonds. The van der Waals surface area contributed by atoms with Crippen LogP contribution in [0, 0.1) is 6.92 Å².